The Balaban J connectivity index is 1.77. The first kappa shape index (κ1) is 17.1. The predicted molar refractivity (Wildman–Crippen MR) is 92.4 cm³/mol. The molecule has 0 unspecified atom stereocenters. The summed E-state index contributed by atoms with van der Waals surface area (Å²) >= 11 is 6.85. The lowest BCUT2D eigenvalue weighted by Crippen LogP contribution is -2.14. The molecule has 128 valence electrons. The Kier molecular flexibility index (Phi) is 5.05. The van der Waals surface area contributed by atoms with Gasteiger partial charge in [-0.05, 0) is 25.1 Å². The number of anilines is 1. The molecule has 25 heavy (non-hydrogen) atoms. The molecule has 10 heteroatoms. The van der Waals surface area contributed by atoms with Gasteiger partial charge in [0.2, 0.25) is 5.69 Å². The summed E-state index contributed by atoms with van der Waals surface area (Å²) in [6, 6.07) is 7.07. The van der Waals surface area contributed by atoms with E-state index in [-0.39, 0.29) is 17.3 Å². The second kappa shape index (κ2) is 7.41. The molecule has 2 heterocycles. The van der Waals surface area contributed by atoms with Crippen LogP contribution in [0.4, 0.5) is 5.00 Å². The van der Waals surface area contributed by atoms with Crippen molar-refractivity contribution in [3.63, 3.8) is 0 Å². The molecule has 0 atom stereocenters. The van der Waals surface area contributed by atoms with Crippen LogP contribution < -0.4 is 5.32 Å². The summed E-state index contributed by atoms with van der Waals surface area (Å²) in [4.78, 5) is 24.1. The molecule has 3 rings (SSSR count). The van der Waals surface area contributed by atoms with Gasteiger partial charge in [-0.15, -0.1) is 5.10 Å². The average Bonchev–Trinajstić information content (AvgIpc) is 3.24. The number of rotatable bonds is 5. The fourth-order valence-corrected chi connectivity index (χ4v) is 2.72. The first-order chi connectivity index (χ1) is 12.1. The molecule has 8 nitrogen and oxygen atoms in total. The van der Waals surface area contributed by atoms with E-state index in [9.17, 15) is 9.59 Å². The number of esters is 1. The number of benzene rings is 1. The number of nitrogens with one attached hydrogen (secondary N) is 1. The molecule has 0 saturated carbocycles. The van der Waals surface area contributed by atoms with E-state index in [2.05, 4.69) is 20.0 Å². The fourth-order valence-electron chi connectivity index (χ4n) is 1.98. The highest BCUT2D eigenvalue weighted by Crippen LogP contribution is 2.20. The summed E-state index contributed by atoms with van der Waals surface area (Å²) in [5.74, 6) is -1.08. The van der Waals surface area contributed by atoms with E-state index in [0.717, 1.165) is 17.2 Å². The minimum Gasteiger partial charge on any atom is -0.461 e. The van der Waals surface area contributed by atoms with E-state index in [4.69, 9.17) is 16.3 Å². The number of carbonyl (C=O) groups is 2. The highest BCUT2D eigenvalue weighted by atomic mass is 35.5. The third kappa shape index (κ3) is 3.83. The van der Waals surface area contributed by atoms with Crippen LogP contribution in [0.3, 0.4) is 0 Å². The molecular formula is C15H12ClN5O3S. The van der Waals surface area contributed by atoms with Gasteiger partial charge in [-0.2, -0.15) is 5.10 Å². The summed E-state index contributed by atoms with van der Waals surface area (Å²) in [5, 5.41) is 11.2. The van der Waals surface area contributed by atoms with Gasteiger partial charge in [-0.3, -0.25) is 4.79 Å². The second-order valence-electron chi connectivity index (χ2n) is 4.78. The van der Waals surface area contributed by atoms with Crippen LogP contribution in [0.15, 0.2) is 36.7 Å². The van der Waals surface area contributed by atoms with E-state index >= 15 is 0 Å². The molecule has 1 aromatic carbocycles. The number of carbonyl (C=O) groups excluding carboxylic acids is 2. The molecule has 0 spiro atoms. The van der Waals surface area contributed by atoms with Gasteiger partial charge < -0.3 is 10.1 Å². The molecule has 0 radical (unpaired) electrons. The molecule has 0 fully saturated rings. The maximum Gasteiger partial charge on any atom is 0.362 e. The van der Waals surface area contributed by atoms with Crippen LogP contribution in [0.5, 0.6) is 0 Å². The number of nitrogens with zero attached hydrogens (tertiary/aromatic N) is 4. The van der Waals surface area contributed by atoms with Gasteiger partial charge in [-0.1, -0.05) is 22.2 Å². The summed E-state index contributed by atoms with van der Waals surface area (Å²) in [5.41, 5.74) is 1.00. The second-order valence-corrected chi connectivity index (χ2v) is 5.97. The van der Waals surface area contributed by atoms with Crippen molar-refractivity contribution < 1.29 is 14.3 Å². The maximum absolute atomic E-state index is 12.4. The van der Waals surface area contributed by atoms with Crippen LogP contribution >= 0.6 is 23.1 Å². The molecule has 1 N–H and O–H groups in total. The van der Waals surface area contributed by atoms with Crippen LogP contribution in [-0.4, -0.2) is 37.9 Å². The normalized spacial score (nSPS) is 10.5. The zero-order chi connectivity index (χ0) is 17.8. The number of ether oxygens (including phenoxy) is 1. The third-order valence-corrected chi connectivity index (χ3v) is 3.98. The highest BCUT2D eigenvalue weighted by molar-refractivity contribution is 7.10. The zero-order valence-electron chi connectivity index (χ0n) is 13.0. The van der Waals surface area contributed by atoms with Crippen LogP contribution in [0.1, 0.15) is 27.8 Å². The van der Waals surface area contributed by atoms with Crippen molar-refractivity contribution in [2.45, 2.75) is 6.92 Å². The molecule has 3 aromatic rings. The van der Waals surface area contributed by atoms with Gasteiger partial charge in [0.15, 0.2) is 5.00 Å². The molecule has 2 aromatic heterocycles. The maximum atomic E-state index is 12.4. The zero-order valence-corrected chi connectivity index (χ0v) is 14.5. The monoisotopic (exact) mass is 377 g/mol. The number of amides is 1. The molecule has 0 saturated heterocycles. The smallest absolute Gasteiger partial charge is 0.362 e. The van der Waals surface area contributed by atoms with Crippen molar-refractivity contribution in [2.75, 3.05) is 11.9 Å². The Labute approximate surface area is 151 Å². The van der Waals surface area contributed by atoms with Crippen LogP contribution in [0, 0.1) is 0 Å². The molecule has 0 aliphatic rings. The van der Waals surface area contributed by atoms with E-state index in [1.165, 1.54) is 10.9 Å². The van der Waals surface area contributed by atoms with Crippen molar-refractivity contribution >= 4 is 40.0 Å². The Hall–Kier alpha value is -2.78. The summed E-state index contributed by atoms with van der Waals surface area (Å²) in [6.07, 6.45) is 2.97. The van der Waals surface area contributed by atoms with Gasteiger partial charge in [0.05, 0.1) is 24.1 Å². The van der Waals surface area contributed by atoms with E-state index in [1.807, 2.05) is 6.07 Å². The van der Waals surface area contributed by atoms with Crippen LogP contribution in [0.25, 0.3) is 5.69 Å². The van der Waals surface area contributed by atoms with Crippen LogP contribution in [-0.2, 0) is 4.74 Å². The number of hydrogen-bond acceptors (Lipinski definition) is 7. The van der Waals surface area contributed by atoms with Crippen LogP contribution in [0.2, 0.25) is 5.02 Å². The van der Waals surface area contributed by atoms with Gasteiger partial charge >= 0.3 is 5.97 Å². The summed E-state index contributed by atoms with van der Waals surface area (Å²) in [6.45, 7) is 1.89. The van der Waals surface area contributed by atoms with Gasteiger partial charge in [0.1, 0.15) is 0 Å². The number of hydrogen-bond donors (Lipinski definition) is 1. The molecule has 0 aliphatic heterocycles. The molecular weight excluding hydrogens is 366 g/mol. The lowest BCUT2D eigenvalue weighted by atomic mass is 10.3. The molecule has 0 aliphatic carbocycles. The quantitative estimate of drug-likeness (QED) is 0.686. The first-order valence-corrected chi connectivity index (χ1v) is 8.35. The average molecular weight is 378 g/mol. The minimum absolute atomic E-state index is 0.0255. The lowest BCUT2D eigenvalue weighted by molar-refractivity contribution is 0.0520. The standard InChI is InChI=1S/C15H12ClN5O3S/c1-2-24-15(23)12-14(25-20-19-12)18-13(22)9-7-17-21(8-9)11-5-3-4-10(16)6-11/h3-8H,2H2,1H3,(H,18,22). The Morgan fingerprint density at radius 1 is 1.40 bits per heavy atom. The first-order valence-electron chi connectivity index (χ1n) is 7.20. The van der Waals surface area contributed by atoms with Gasteiger partial charge in [0.25, 0.3) is 5.91 Å². The van der Waals surface area contributed by atoms with Crippen molar-refractivity contribution in [3.8, 4) is 5.69 Å². The Morgan fingerprint density at radius 2 is 2.24 bits per heavy atom. The SMILES string of the molecule is CCOC(=O)c1nnsc1NC(=O)c1cnn(-c2cccc(Cl)c2)c1. The van der Waals surface area contributed by atoms with Gasteiger partial charge in [-0.25, -0.2) is 9.48 Å². The molecule has 0 bridgehead atoms. The van der Waals surface area contributed by atoms with E-state index < -0.39 is 11.9 Å². The fraction of sp³-hybridized carbons (Fsp3) is 0.133. The van der Waals surface area contributed by atoms with Crippen molar-refractivity contribution in [1.82, 2.24) is 19.4 Å². The number of halogens is 1. The largest absolute Gasteiger partial charge is 0.461 e. The Morgan fingerprint density at radius 3 is 3.00 bits per heavy atom. The summed E-state index contributed by atoms with van der Waals surface area (Å²) in [7, 11) is 0. The summed E-state index contributed by atoms with van der Waals surface area (Å²) < 4.78 is 10.1. The van der Waals surface area contributed by atoms with Crippen molar-refractivity contribution in [2.24, 2.45) is 0 Å². The Bertz CT molecular complexity index is 923. The topological polar surface area (TPSA) is 99.0 Å². The highest BCUT2D eigenvalue weighted by Gasteiger charge is 2.20. The predicted octanol–water partition coefficient (Wildman–Crippen LogP) is 2.81. The lowest BCUT2D eigenvalue weighted by Gasteiger charge is -2.03. The van der Waals surface area contributed by atoms with E-state index in [0.29, 0.717) is 10.6 Å². The van der Waals surface area contributed by atoms with E-state index in [1.54, 1.807) is 31.3 Å². The molecule has 1 amide bonds. The number of aromatic nitrogens is 4. The third-order valence-electron chi connectivity index (χ3n) is 3.10. The van der Waals surface area contributed by atoms with Gasteiger partial charge in [0, 0.05) is 22.8 Å². The van der Waals surface area contributed by atoms with Crippen molar-refractivity contribution in [1.29, 1.82) is 0 Å². The van der Waals surface area contributed by atoms with Crippen molar-refractivity contribution in [3.05, 3.63) is 52.9 Å². The minimum atomic E-state index is -0.638.